The predicted molar refractivity (Wildman–Crippen MR) is 92.3 cm³/mol. The predicted octanol–water partition coefficient (Wildman–Crippen LogP) is 3.55. The fourth-order valence-electron chi connectivity index (χ4n) is 2.50. The third kappa shape index (κ3) is 2.37. The summed E-state index contributed by atoms with van der Waals surface area (Å²) in [6.07, 6.45) is 2.79. The van der Waals surface area contributed by atoms with Crippen LogP contribution >= 0.6 is 11.6 Å². The van der Waals surface area contributed by atoms with Gasteiger partial charge in [-0.05, 0) is 24.3 Å². The molecular formula is C17H10ClFN4O. The first-order valence-electron chi connectivity index (χ1n) is 7.11. The normalized spacial score (nSPS) is 11.8. The van der Waals surface area contributed by atoms with Gasteiger partial charge in [-0.1, -0.05) is 29.8 Å². The topological polar surface area (TPSA) is 63.0 Å². The molecule has 0 aliphatic carbocycles. The third-order valence-electron chi connectivity index (χ3n) is 3.68. The summed E-state index contributed by atoms with van der Waals surface area (Å²) in [5.74, 6) is -0.383. The van der Waals surface area contributed by atoms with E-state index in [0.29, 0.717) is 27.0 Å². The Kier molecular flexibility index (Phi) is 3.39. The lowest BCUT2D eigenvalue weighted by atomic mass is 10.2. The molecule has 118 valence electrons. The zero-order valence-electron chi connectivity index (χ0n) is 12.2. The minimum absolute atomic E-state index is 0.273. The lowest BCUT2D eigenvalue weighted by molar-refractivity contribution is 0.630. The molecule has 0 saturated heterocycles. The van der Waals surface area contributed by atoms with Crippen molar-refractivity contribution in [3.05, 3.63) is 75.5 Å². The quantitative estimate of drug-likeness (QED) is 0.567. The van der Waals surface area contributed by atoms with E-state index in [4.69, 9.17) is 11.6 Å². The Morgan fingerprint density at radius 3 is 2.92 bits per heavy atom. The van der Waals surface area contributed by atoms with Gasteiger partial charge in [-0.15, -0.1) is 0 Å². The van der Waals surface area contributed by atoms with Gasteiger partial charge in [-0.3, -0.25) is 4.79 Å². The fourth-order valence-corrected chi connectivity index (χ4v) is 2.69. The SMILES string of the molecule is O=c1c2[nH]c3ccc(F)cc3c2ncn1/N=C\c1ccccc1Cl. The van der Waals surface area contributed by atoms with Gasteiger partial charge < -0.3 is 4.98 Å². The lowest BCUT2D eigenvalue weighted by Crippen LogP contribution is -2.17. The highest BCUT2D eigenvalue weighted by molar-refractivity contribution is 6.33. The van der Waals surface area contributed by atoms with Crippen LogP contribution in [0.5, 0.6) is 0 Å². The zero-order valence-corrected chi connectivity index (χ0v) is 13.0. The van der Waals surface area contributed by atoms with Crippen LogP contribution in [-0.2, 0) is 0 Å². The van der Waals surface area contributed by atoms with Gasteiger partial charge in [0.05, 0.1) is 6.21 Å². The summed E-state index contributed by atoms with van der Waals surface area (Å²) in [6.45, 7) is 0. The standard InChI is InChI=1S/C17H10ClFN4O/c18-13-4-2-1-3-10(13)8-21-23-9-20-15-12-7-11(19)5-6-14(12)22-16(15)17(23)24/h1-9,22H/b21-8-. The van der Waals surface area contributed by atoms with Crippen molar-refractivity contribution in [1.82, 2.24) is 14.6 Å². The summed E-state index contributed by atoms with van der Waals surface area (Å²) in [5, 5.41) is 5.20. The second-order valence-electron chi connectivity index (χ2n) is 5.20. The third-order valence-corrected chi connectivity index (χ3v) is 4.02. The molecule has 0 saturated carbocycles. The molecule has 0 bridgehead atoms. The van der Waals surface area contributed by atoms with Crippen molar-refractivity contribution >= 4 is 39.8 Å². The van der Waals surface area contributed by atoms with Crippen molar-refractivity contribution < 1.29 is 4.39 Å². The summed E-state index contributed by atoms with van der Waals surface area (Å²) in [7, 11) is 0. The summed E-state index contributed by atoms with van der Waals surface area (Å²) >= 11 is 6.06. The molecule has 0 aliphatic rings. The molecule has 4 aromatic rings. The molecule has 0 amide bonds. The number of rotatable bonds is 2. The first kappa shape index (κ1) is 14.6. The molecule has 0 spiro atoms. The summed E-state index contributed by atoms with van der Waals surface area (Å²) in [6, 6.07) is 11.4. The Labute approximate surface area is 140 Å². The highest BCUT2D eigenvalue weighted by Gasteiger charge is 2.11. The van der Waals surface area contributed by atoms with Crippen molar-refractivity contribution in [2.75, 3.05) is 0 Å². The molecule has 0 aliphatic heterocycles. The average Bonchev–Trinajstić information content (AvgIpc) is 2.94. The van der Waals surface area contributed by atoms with Gasteiger partial charge in [-0.25, -0.2) is 9.37 Å². The van der Waals surface area contributed by atoms with Gasteiger partial charge in [0, 0.05) is 21.5 Å². The number of hydrogen-bond donors (Lipinski definition) is 1. The van der Waals surface area contributed by atoms with Crippen LogP contribution in [0.15, 0.2) is 58.7 Å². The summed E-state index contributed by atoms with van der Waals surface area (Å²) in [5.41, 5.74) is 1.64. The highest BCUT2D eigenvalue weighted by Crippen LogP contribution is 2.22. The molecule has 0 atom stereocenters. The van der Waals surface area contributed by atoms with Gasteiger partial charge in [0.2, 0.25) is 0 Å². The molecular weight excluding hydrogens is 331 g/mol. The lowest BCUT2D eigenvalue weighted by Gasteiger charge is -1.99. The smallest absolute Gasteiger partial charge is 0.298 e. The van der Waals surface area contributed by atoms with E-state index < -0.39 is 0 Å². The molecule has 0 fully saturated rings. The van der Waals surface area contributed by atoms with Gasteiger partial charge >= 0.3 is 0 Å². The Hall–Kier alpha value is -2.99. The molecule has 0 unspecified atom stereocenters. The average molecular weight is 341 g/mol. The number of aromatic amines is 1. The van der Waals surface area contributed by atoms with Gasteiger partial charge in [0.15, 0.2) is 0 Å². The largest absolute Gasteiger partial charge is 0.349 e. The van der Waals surface area contributed by atoms with Crippen LogP contribution in [0.25, 0.3) is 21.9 Å². The monoisotopic (exact) mass is 340 g/mol. The maximum absolute atomic E-state index is 13.4. The van der Waals surface area contributed by atoms with Crippen molar-refractivity contribution in [2.24, 2.45) is 5.10 Å². The number of nitrogens with one attached hydrogen (secondary N) is 1. The minimum atomic E-state index is -0.383. The number of H-pyrrole nitrogens is 1. The van der Waals surface area contributed by atoms with Crippen molar-refractivity contribution in [2.45, 2.75) is 0 Å². The van der Waals surface area contributed by atoms with Crippen LogP contribution in [0.4, 0.5) is 4.39 Å². The zero-order chi connectivity index (χ0) is 16.7. The van der Waals surface area contributed by atoms with Crippen LogP contribution in [0.1, 0.15) is 5.56 Å². The number of aromatic nitrogens is 3. The van der Waals surface area contributed by atoms with Crippen molar-refractivity contribution in [3.63, 3.8) is 0 Å². The fraction of sp³-hybridized carbons (Fsp3) is 0. The van der Waals surface area contributed by atoms with E-state index in [1.807, 2.05) is 12.1 Å². The number of nitrogens with zero attached hydrogens (tertiary/aromatic N) is 3. The van der Waals surface area contributed by atoms with Crippen LogP contribution in [-0.4, -0.2) is 20.9 Å². The Bertz CT molecular complexity index is 1160. The molecule has 1 N–H and O–H groups in total. The molecule has 24 heavy (non-hydrogen) atoms. The van der Waals surface area contributed by atoms with Crippen LogP contribution < -0.4 is 5.56 Å². The summed E-state index contributed by atoms with van der Waals surface area (Å²) in [4.78, 5) is 19.7. The Morgan fingerprint density at radius 1 is 1.25 bits per heavy atom. The summed E-state index contributed by atoms with van der Waals surface area (Å²) < 4.78 is 14.5. The number of hydrogen-bond acceptors (Lipinski definition) is 3. The molecule has 4 rings (SSSR count). The highest BCUT2D eigenvalue weighted by atomic mass is 35.5. The van der Waals surface area contributed by atoms with E-state index in [2.05, 4.69) is 15.1 Å². The minimum Gasteiger partial charge on any atom is -0.349 e. The molecule has 2 heterocycles. The van der Waals surface area contributed by atoms with E-state index in [-0.39, 0.29) is 16.9 Å². The van der Waals surface area contributed by atoms with Crippen LogP contribution in [0.3, 0.4) is 0 Å². The van der Waals surface area contributed by atoms with E-state index >= 15 is 0 Å². The van der Waals surface area contributed by atoms with Crippen LogP contribution in [0.2, 0.25) is 5.02 Å². The molecule has 0 radical (unpaired) electrons. The first-order valence-corrected chi connectivity index (χ1v) is 7.49. The van der Waals surface area contributed by atoms with E-state index in [9.17, 15) is 9.18 Å². The second kappa shape index (κ2) is 5.58. The van der Waals surface area contributed by atoms with Crippen molar-refractivity contribution in [3.8, 4) is 0 Å². The number of benzene rings is 2. The Balaban J connectivity index is 1.86. The van der Waals surface area contributed by atoms with Gasteiger partial charge in [0.1, 0.15) is 23.2 Å². The van der Waals surface area contributed by atoms with E-state index in [1.165, 1.54) is 24.7 Å². The van der Waals surface area contributed by atoms with Crippen LogP contribution in [0, 0.1) is 5.82 Å². The molecule has 2 aromatic carbocycles. The number of fused-ring (bicyclic) bond motifs is 3. The number of halogens is 2. The molecule has 7 heteroatoms. The maximum atomic E-state index is 13.4. The van der Waals surface area contributed by atoms with E-state index in [0.717, 1.165) is 4.68 Å². The Morgan fingerprint density at radius 2 is 2.08 bits per heavy atom. The maximum Gasteiger partial charge on any atom is 0.298 e. The molecule has 2 aromatic heterocycles. The second-order valence-corrected chi connectivity index (χ2v) is 5.61. The molecule has 5 nitrogen and oxygen atoms in total. The van der Waals surface area contributed by atoms with Gasteiger partial charge in [-0.2, -0.15) is 9.78 Å². The van der Waals surface area contributed by atoms with Crippen molar-refractivity contribution in [1.29, 1.82) is 0 Å². The van der Waals surface area contributed by atoms with Gasteiger partial charge in [0.25, 0.3) is 5.56 Å². The first-order chi connectivity index (χ1) is 11.6. The van der Waals surface area contributed by atoms with E-state index in [1.54, 1.807) is 18.2 Å².